The summed E-state index contributed by atoms with van der Waals surface area (Å²) in [6.07, 6.45) is -0.557. The van der Waals surface area contributed by atoms with Gasteiger partial charge in [-0.25, -0.2) is 0 Å². The Bertz CT molecular complexity index is 1300. The van der Waals surface area contributed by atoms with E-state index in [0.717, 1.165) is 23.1 Å². The lowest BCUT2D eigenvalue weighted by atomic mass is 9.80. The molecule has 0 aromatic heterocycles. The minimum absolute atomic E-state index is 0.172. The van der Waals surface area contributed by atoms with Crippen LogP contribution in [0.3, 0.4) is 0 Å². The van der Waals surface area contributed by atoms with Crippen LogP contribution in [0.4, 0.5) is 0 Å². The third-order valence-electron chi connectivity index (χ3n) is 8.00. The van der Waals surface area contributed by atoms with Gasteiger partial charge >= 0.3 is 0 Å². The normalized spacial score (nSPS) is 25.9. The van der Waals surface area contributed by atoms with Crippen molar-refractivity contribution in [1.82, 2.24) is 0 Å². The molecule has 212 valence electrons. The Kier molecular flexibility index (Phi) is 9.53. The molecule has 41 heavy (non-hydrogen) atoms. The van der Waals surface area contributed by atoms with Crippen molar-refractivity contribution in [2.24, 2.45) is 0 Å². The van der Waals surface area contributed by atoms with Crippen molar-refractivity contribution >= 4 is 0 Å². The lowest BCUT2D eigenvalue weighted by Gasteiger charge is -2.50. The van der Waals surface area contributed by atoms with Gasteiger partial charge in [0.05, 0.1) is 32.5 Å². The fraction of sp³-hybridized carbons (Fsp3) is 0.333. The van der Waals surface area contributed by atoms with Crippen LogP contribution in [0.5, 0.6) is 0 Å². The zero-order chi connectivity index (χ0) is 27.7. The minimum Gasteiger partial charge on any atom is -0.374 e. The highest BCUT2D eigenvalue weighted by molar-refractivity contribution is 5.23. The van der Waals surface area contributed by atoms with Crippen LogP contribution in [0.25, 0.3) is 0 Å². The number of ether oxygens (including phenoxy) is 5. The predicted octanol–water partition coefficient (Wildman–Crippen LogP) is 6.71. The molecule has 5 nitrogen and oxygen atoms in total. The fourth-order valence-corrected chi connectivity index (χ4v) is 5.93. The van der Waals surface area contributed by atoms with Crippen molar-refractivity contribution in [3.63, 3.8) is 0 Å². The van der Waals surface area contributed by atoms with E-state index in [-0.39, 0.29) is 36.4 Å². The molecule has 0 bridgehead atoms. The van der Waals surface area contributed by atoms with Gasteiger partial charge in [-0.05, 0) is 28.7 Å². The SMILES string of the molecule is c1ccc(COC[C@H]2O[C@@H]3[C@H](OCC[C@@H]3c3ccccc3)[C@@H](OCc3ccccc3)[C@@H]2OCc2ccccc2)cc1. The van der Waals surface area contributed by atoms with Crippen molar-refractivity contribution in [1.29, 1.82) is 0 Å². The Morgan fingerprint density at radius 2 is 1.07 bits per heavy atom. The maximum absolute atomic E-state index is 6.92. The van der Waals surface area contributed by atoms with Crippen molar-refractivity contribution < 1.29 is 23.7 Å². The summed E-state index contributed by atoms with van der Waals surface area (Å²) in [6, 6.07) is 41.4. The van der Waals surface area contributed by atoms with Crippen LogP contribution in [-0.2, 0) is 43.5 Å². The van der Waals surface area contributed by atoms with Gasteiger partial charge in [-0.2, -0.15) is 0 Å². The van der Waals surface area contributed by atoms with Crippen LogP contribution in [0.15, 0.2) is 121 Å². The molecule has 0 aliphatic carbocycles. The van der Waals surface area contributed by atoms with Crippen LogP contribution in [0.2, 0.25) is 0 Å². The first-order valence-corrected chi connectivity index (χ1v) is 14.6. The predicted molar refractivity (Wildman–Crippen MR) is 158 cm³/mol. The van der Waals surface area contributed by atoms with Crippen LogP contribution in [0, 0.1) is 0 Å². The molecule has 4 aromatic rings. The van der Waals surface area contributed by atoms with Crippen molar-refractivity contribution in [2.45, 2.75) is 62.7 Å². The Morgan fingerprint density at radius 1 is 0.561 bits per heavy atom. The molecular formula is C36H38O5. The number of hydrogen-bond donors (Lipinski definition) is 0. The average molecular weight is 551 g/mol. The zero-order valence-electron chi connectivity index (χ0n) is 23.3. The molecule has 6 atom stereocenters. The van der Waals surface area contributed by atoms with Gasteiger partial charge in [0.2, 0.25) is 0 Å². The Labute approximate surface area is 243 Å². The van der Waals surface area contributed by atoms with E-state index < -0.39 is 0 Å². The van der Waals surface area contributed by atoms with Gasteiger partial charge in [0, 0.05) is 12.5 Å². The molecule has 2 fully saturated rings. The van der Waals surface area contributed by atoms with E-state index in [1.807, 2.05) is 54.6 Å². The van der Waals surface area contributed by atoms with Crippen LogP contribution >= 0.6 is 0 Å². The lowest BCUT2D eigenvalue weighted by Crippen LogP contribution is -2.63. The van der Waals surface area contributed by atoms with Gasteiger partial charge in [0.1, 0.15) is 24.4 Å². The third kappa shape index (κ3) is 7.13. The van der Waals surface area contributed by atoms with Gasteiger partial charge in [0.15, 0.2) is 0 Å². The number of rotatable bonds is 11. The van der Waals surface area contributed by atoms with Gasteiger partial charge in [-0.15, -0.1) is 0 Å². The van der Waals surface area contributed by atoms with Gasteiger partial charge in [-0.1, -0.05) is 121 Å². The maximum atomic E-state index is 6.92. The molecule has 5 heteroatoms. The molecule has 4 aromatic carbocycles. The van der Waals surface area contributed by atoms with E-state index in [1.54, 1.807) is 0 Å². The molecule has 0 saturated carbocycles. The second kappa shape index (κ2) is 14.0. The van der Waals surface area contributed by atoms with Gasteiger partial charge in [0.25, 0.3) is 0 Å². The van der Waals surface area contributed by atoms with E-state index in [2.05, 4.69) is 66.7 Å². The molecule has 0 unspecified atom stereocenters. The third-order valence-corrected chi connectivity index (χ3v) is 8.00. The Hall–Kier alpha value is -3.32. The molecule has 2 aliphatic rings. The standard InChI is InChI=1S/C36H38O5/c1-5-13-27(14-6-1)23-37-26-32-34(39-24-28-15-7-2-8-16-28)36(40-25-29-17-9-3-10-18-29)35-33(41-32)31(21-22-38-35)30-19-11-4-12-20-30/h1-20,31-36H,21-26H2/t31-,32-,33+,34-,35+,36+/m1/s1. The number of fused-ring (bicyclic) bond motifs is 1. The second-order valence-electron chi connectivity index (χ2n) is 10.8. The molecular weight excluding hydrogens is 512 g/mol. The smallest absolute Gasteiger partial charge is 0.115 e. The molecule has 6 rings (SSSR count). The van der Waals surface area contributed by atoms with E-state index in [9.17, 15) is 0 Å². The molecule has 2 aliphatic heterocycles. The molecule has 0 N–H and O–H groups in total. The molecule has 0 radical (unpaired) electrons. The summed E-state index contributed by atoms with van der Waals surface area (Å²) in [6.45, 7) is 2.47. The van der Waals surface area contributed by atoms with Crippen molar-refractivity contribution in [3.05, 3.63) is 144 Å². The summed E-state index contributed by atoms with van der Waals surface area (Å²) in [5.41, 5.74) is 4.61. The minimum atomic E-state index is -0.370. The largest absolute Gasteiger partial charge is 0.374 e. The first-order chi connectivity index (χ1) is 20.3. The van der Waals surface area contributed by atoms with E-state index >= 15 is 0 Å². The van der Waals surface area contributed by atoms with Gasteiger partial charge < -0.3 is 23.7 Å². The van der Waals surface area contributed by atoms with Crippen LogP contribution in [-0.4, -0.2) is 43.7 Å². The fourth-order valence-electron chi connectivity index (χ4n) is 5.93. The van der Waals surface area contributed by atoms with Gasteiger partial charge in [-0.3, -0.25) is 0 Å². The summed E-state index contributed by atoms with van der Waals surface area (Å²) < 4.78 is 33.1. The quantitative estimate of drug-likeness (QED) is 0.208. The molecule has 2 saturated heterocycles. The first kappa shape index (κ1) is 27.8. The highest BCUT2D eigenvalue weighted by Crippen LogP contribution is 2.41. The summed E-state index contributed by atoms with van der Waals surface area (Å²) in [4.78, 5) is 0. The molecule has 2 heterocycles. The van der Waals surface area contributed by atoms with Crippen molar-refractivity contribution in [3.8, 4) is 0 Å². The lowest BCUT2D eigenvalue weighted by molar-refractivity contribution is -0.285. The van der Waals surface area contributed by atoms with Crippen molar-refractivity contribution in [2.75, 3.05) is 13.2 Å². The Morgan fingerprint density at radius 3 is 1.66 bits per heavy atom. The summed E-state index contributed by atoms with van der Waals surface area (Å²) in [5, 5.41) is 0. The first-order valence-electron chi connectivity index (χ1n) is 14.6. The Balaban J connectivity index is 1.28. The van der Waals surface area contributed by atoms with E-state index in [1.165, 1.54) is 5.56 Å². The molecule has 0 amide bonds. The van der Waals surface area contributed by atoms with Crippen LogP contribution < -0.4 is 0 Å². The number of hydrogen-bond acceptors (Lipinski definition) is 5. The van der Waals surface area contributed by atoms with Crippen LogP contribution in [0.1, 0.15) is 34.6 Å². The average Bonchev–Trinajstić information content (AvgIpc) is 3.04. The summed E-state index contributed by atoms with van der Waals surface area (Å²) >= 11 is 0. The number of benzene rings is 4. The van der Waals surface area contributed by atoms with E-state index in [4.69, 9.17) is 23.7 Å². The maximum Gasteiger partial charge on any atom is 0.115 e. The molecule has 0 spiro atoms. The monoisotopic (exact) mass is 550 g/mol. The highest BCUT2D eigenvalue weighted by atomic mass is 16.6. The summed E-state index contributed by atoms with van der Waals surface area (Å²) in [7, 11) is 0. The van der Waals surface area contributed by atoms with E-state index in [0.29, 0.717) is 33.0 Å². The second-order valence-corrected chi connectivity index (χ2v) is 10.8. The summed E-state index contributed by atoms with van der Waals surface area (Å²) in [5.74, 6) is 0.199. The highest BCUT2D eigenvalue weighted by Gasteiger charge is 2.52. The zero-order valence-corrected chi connectivity index (χ0v) is 23.3. The topological polar surface area (TPSA) is 46.2 Å².